The quantitative estimate of drug-likeness (QED) is 0.810. The predicted molar refractivity (Wildman–Crippen MR) is 78.1 cm³/mol. The predicted octanol–water partition coefficient (Wildman–Crippen LogP) is 4.80. The Kier molecular flexibility index (Phi) is 4.76. The number of aromatic carboxylic acids is 1. The Morgan fingerprint density at radius 1 is 1.38 bits per heavy atom. The molecule has 0 amide bonds. The van der Waals surface area contributed by atoms with Gasteiger partial charge in [-0.15, -0.1) is 0 Å². The lowest BCUT2D eigenvalue weighted by Crippen LogP contribution is -2.24. The molecule has 21 heavy (non-hydrogen) atoms. The van der Waals surface area contributed by atoms with Gasteiger partial charge >= 0.3 is 5.97 Å². The minimum absolute atomic E-state index is 0.0821. The van der Waals surface area contributed by atoms with Gasteiger partial charge in [0.15, 0.2) is 0 Å². The van der Waals surface area contributed by atoms with E-state index in [9.17, 15) is 18.7 Å². The van der Waals surface area contributed by atoms with Crippen LogP contribution in [0.2, 0.25) is 0 Å². The second-order valence-electron chi connectivity index (χ2n) is 5.59. The molecule has 1 aliphatic rings. The number of benzene rings is 1. The fourth-order valence-electron chi connectivity index (χ4n) is 2.99. The van der Waals surface area contributed by atoms with Gasteiger partial charge in [0.2, 0.25) is 5.92 Å². The van der Waals surface area contributed by atoms with Gasteiger partial charge in [-0.3, -0.25) is 0 Å². The standard InChI is InChI=1S/C17H20F2O2/c1-2-3-5-13-6-4-7-14(15(13)16(20)21)12-8-10-17(18,19)11-9-12/h2-4,6-7,12H,5,8-11H2,1H3,(H,20,21)/b3-2-. The molecule has 0 aliphatic heterocycles. The third kappa shape index (κ3) is 3.69. The molecule has 2 rings (SSSR count). The molecule has 0 aromatic heterocycles. The number of carboxylic acids is 1. The van der Waals surface area contributed by atoms with E-state index in [-0.39, 0.29) is 18.8 Å². The molecule has 0 spiro atoms. The lowest BCUT2D eigenvalue weighted by atomic mass is 9.79. The Hall–Kier alpha value is -1.71. The molecule has 0 unspecified atom stereocenters. The van der Waals surface area contributed by atoms with E-state index in [2.05, 4.69) is 0 Å². The van der Waals surface area contributed by atoms with Gasteiger partial charge in [0, 0.05) is 12.8 Å². The van der Waals surface area contributed by atoms with Crippen molar-refractivity contribution in [3.8, 4) is 0 Å². The average molecular weight is 294 g/mol. The van der Waals surface area contributed by atoms with Crippen molar-refractivity contribution in [2.24, 2.45) is 0 Å². The summed E-state index contributed by atoms with van der Waals surface area (Å²) in [5.74, 6) is -3.65. The van der Waals surface area contributed by atoms with Crippen molar-refractivity contribution in [2.45, 2.75) is 50.9 Å². The number of carboxylic acid groups (broad SMARTS) is 1. The maximum atomic E-state index is 13.3. The molecule has 114 valence electrons. The average Bonchev–Trinajstić information content (AvgIpc) is 2.44. The van der Waals surface area contributed by atoms with Crippen molar-refractivity contribution in [3.05, 3.63) is 47.0 Å². The van der Waals surface area contributed by atoms with Crippen LogP contribution in [0.3, 0.4) is 0 Å². The summed E-state index contributed by atoms with van der Waals surface area (Å²) in [6, 6.07) is 5.40. The molecule has 0 saturated heterocycles. The molecule has 0 heterocycles. The Labute approximate surface area is 123 Å². The maximum Gasteiger partial charge on any atom is 0.336 e. The van der Waals surface area contributed by atoms with Crippen molar-refractivity contribution >= 4 is 5.97 Å². The molecule has 0 atom stereocenters. The number of hydrogen-bond donors (Lipinski definition) is 1. The topological polar surface area (TPSA) is 37.3 Å². The number of hydrogen-bond acceptors (Lipinski definition) is 1. The highest BCUT2D eigenvalue weighted by Crippen LogP contribution is 2.42. The first-order chi connectivity index (χ1) is 9.94. The van der Waals surface area contributed by atoms with E-state index in [1.54, 1.807) is 12.1 Å². The summed E-state index contributed by atoms with van der Waals surface area (Å²) in [5, 5.41) is 9.51. The number of carbonyl (C=O) groups is 1. The first-order valence-electron chi connectivity index (χ1n) is 7.28. The van der Waals surface area contributed by atoms with Crippen molar-refractivity contribution < 1.29 is 18.7 Å². The van der Waals surface area contributed by atoms with E-state index in [4.69, 9.17) is 0 Å². The van der Waals surface area contributed by atoms with Crippen LogP contribution in [-0.4, -0.2) is 17.0 Å². The highest BCUT2D eigenvalue weighted by molar-refractivity contribution is 5.91. The molecule has 2 nitrogen and oxygen atoms in total. The van der Waals surface area contributed by atoms with Crippen molar-refractivity contribution in [2.75, 3.05) is 0 Å². The number of halogens is 2. The van der Waals surface area contributed by atoms with Crippen LogP contribution in [0.1, 0.15) is 60.0 Å². The first-order valence-corrected chi connectivity index (χ1v) is 7.28. The van der Waals surface area contributed by atoms with Gasteiger partial charge in [-0.2, -0.15) is 0 Å². The fourth-order valence-corrected chi connectivity index (χ4v) is 2.99. The molecule has 1 fully saturated rings. The van der Waals surface area contributed by atoms with Gasteiger partial charge in [-0.05, 0) is 43.2 Å². The zero-order valence-electron chi connectivity index (χ0n) is 12.1. The molecular weight excluding hydrogens is 274 g/mol. The van der Waals surface area contributed by atoms with Crippen LogP contribution in [0.4, 0.5) is 8.78 Å². The van der Waals surface area contributed by atoms with Gasteiger partial charge in [-0.1, -0.05) is 30.4 Å². The molecule has 1 N–H and O–H groups in total. The molecule has 1 aliphatic carbocycles. The van der Waals surface area contributed by atoms with Gasteiger partial charge in [0.05, 0.1) is 5.56 Å². The number of rotatable bonds is 4. The highest BCUT2D eigenvalue weighted by atomic mass is 19.3. The van der Waals surface area contributed by atoms with Crippen LogP contribution in [0.25, 0.3) is 0 Å². The Balaban J connectivity index is 2.33. The second kappa shape index (κ2) is 6.37. The Morgan fingerprint density at radius 3 is 2.62 bits per heavy atom. The molecule has 1 aromatic carbocycles. The lowest BCUT2D eigenvalue weighted by molar-refractivity contribution is -0.0382. The van der Waals surface area contributed by atoms with E-state index in [0.717, 1.165) is 5.56 Å². The lowest BCUT2D eigenvalue weighted by Gasteiger charge is -2.29. The van der Waals surface area contributed by atoms with E-state index in [0.29, 0.717) is 30.4 Å². The van der Waals surface area contributed by atoms with Crippen molar-refractivity contribution in [1.82, 2.24) is 0 Å². The molecular formula is C17H20F2O2. The van der Waals surface area contributed by atoms with Crippen LogP contribution in [0.15, 0.2) is 30.4 Å². The van der Waals surface area contributed by atoms with Crippen molar-refractivity contribution in [1.29, 1.82) is 0 Å². The summed E-state index contributed by atoms with van der Waals surface area (Å²) in [6.07, 6.45) is 4.71. The molecule has 0 radical (unpaired) electrons. The van der Waals surface area contributed by atoms with Crippen LogP contribution in [0, 0.1) is 0 Å². The van der Waals surface area contributed by atoms with Gasteiger partial charge < -0.3 is 5.11 Å². The second-order valence-corrected chi connectivity index (χ2v) is 5.59. The first kappa shape index (κ1) is 15.7. The van der Waals surface area contributed by atoms with Crippen molar-refractivity contribution in [3.63, 3.8) is 0 Å². The zero-order chi connectivity index (χ0) is 15.5. The SMILES string of the molecule is C/C=C\Cc1cccc(C2CCC(F)(F)CC2)c1C(=O)O. The van der Waals surface area contributed by atoms with E-state index in [1.807, 2.05) is 25.1 Å². The fraction of sp³-hybridized carbons (Fsp3) is 0.471. The number of allylic oxidation sites excluding steroid dienone is 2. The minimum Gasteiger partial charge on any atom is -0.478 e. The summed E-state index contributed by atoms with van der Waals surface area (Å²) in [6.45, 7) is 1.88. The Morgan fingerprint density at radius 2 is 2.05 bits per heavy atom. The molecule has 0 bridgehead atoms. The summed E-state index contributed by atoms with van der Waals surface area (Å²) < 4.78 is 26.5. The largest absolute Gasteiger partial charge is 0.478 e. The van der Waals surface area contributed by atoms with Crippen LogP contribution in [0.5, 0.6) is 0 Å². The minimum atomic E-state index is -2.59. The van der Waals surface area contributed by atoms with Crippen LogP contribution < -0.4 is 0 Å². The van der Waals surface area contributed by atoms with Gasteiger partial charge in [-0.25, -0.2) is 13.6 Å². The van der Waals surface area contributed by atoms with E-state index < -0.39 is 11.9 Å². The smallest absolute Gasteiger partial charge is 0.336 e. The highest BCUT2D eigenvalue weighted by Gasteiger charge is 2.36. The third-order valence-corrected chi connectivity index (χ3v) is 4.13. The summed E-state index contributed by atoms with van der Waals surface area (Å²) >= 11 is 0. The third-order valence-electron chi connectivity index (χ3n) is 4.13. The number of alkyl halides is 2. The Bertz CT molecular complexity index is 540. The van der Waals surface area contributed by atoms with E-state index in [1.165, 1.54) is 0 Å². The van der Waals surface area contributed by atoms with Crippen LogP contribution in [-0.2, 0) is 6.42 Å². The summed E-state index contributed by atoms with van der Waals surface area (Å²) in [5.41, 5.74) is 1.75. The normalized spacial score (nSPS) is 19.0. The summed E-state index contributed by atoms with van der Waals surface area (Å²) in [4.78, 5) is 11.6. The van der Waals surface area contributed by atoms with E-state index >= 15 is 0 Å². The van der Waals surface area contributed by atoms with Gasteiger partial charge in [0.1, 0.15) is 0 Å². The molecule has 1 aromatic rings. The summed E-state index contributed by atoms with van der Waals surface area (Å²) in [7, 11) is 0. The van der Waals surface area contributed by atoms with Crippen LogP contribution >= 0.6 is 0 Å². The van der Waals surface area contributed by atoms with Gasteiger partial charge in [0.25, 0.3) is 0 Å². The molecule has 4 heteroatoms. The monoisotopic (exact) mass is 294 g/mol. The zero-order valence-corrected chi connectivity index (χ0v) is 12.1. The molecule has 1 saturated carbocycles. The maximum absolute atomic E-state index is 13.3.